The molecule has 2 aromatic heterocycles. The number of allylic oxidation sites excluding steroid dienone is 1. The second-order valence-electron chi connectivity index (χ2n) is 9.43. The van der Waals surface area contributed by atoms with Gasteiger partial charge in [-0.1, -0.05) is 71.5 Å². The molecule has 3 aromatic carbocycles. The fraction of sp³-hybridized carbons (Fsp3) is 0.156. The summed E-state index contributed by atoms with van der Waals surface area (Å²) < 4.78 is 13.8. The number of fused-ring (bicyclic) bond motifs is 2. The highest BCUT2D eigenvalue weighted by Crippen LogP contribution is 2.33. The van der Waals surface area contributed by atoms with Gasteiger partial charge < -0.3 is 9.47 Å². The Bertz CT molecular complexity index is 1970. The molecule has 0 bridgehead atoms. The topological polar surface area (TPSA) is 69.9 Å². The van der Waals surface area contributed by atoms with Crippen LogP contribution in [0.15, 0.2) is 99.2 Å². The normalized spacial score (nSPS) is 15.1. The van der Waals surface area contributed by atoms with E-state index in [1.54, 1.807) is 18.4 Å². The van der Waals surface area contributed by atoms with Gasteiger partial charge in [0.25, 0.3) is 5.56 Å². The van der Waals surface area contributed by atoms with Crippen LogP contribution in [0.2, 0.25) is 5.02 Å². The average Bonchev–Trinajstić information content (AvgIpc) is 3.61. The van der Waals surface area contributed by atoms with Gasteiger partial charge in [-0.2, -0.15) is 0 Å². The Hall–Kier alpha value is -3.98. The number of thiazole rings is 1. The molecule has 6 rings (SSSR count). The van der Waals surface area contributed by atoms with Crippen LogP contribution in [-0.2, 0) is 16.1 Å². The third-order valence-electron chi connectivity index (χ3n) is 6.84. The molecule has 1 unspecified atom stereocenters. The van der Waals surface area contributed by atoms with Gasteiger partial charge in [-0.05, 0) is 65.9 Å². The van der Waals surface area contributed by atoms with Crippen molar-refractivity contribution in [2.75, 3.05) is 6.61 Å². The molecule has 0 spiro atoms. The van der Waals surface area contributed by atoms with Crippen LogP contribution in [0.3, 0.4) is 0 Å². The predicted octanol–water partition coefficient (Wildman–Crippen LogP) is 6.25. The number of ether oxygens (including phenoxy) is 2. The maximum Gasteiger partial charge on any atom is 0.338 e. The number of esters is 1. The lowest BCUT2D eigenvalue weighted by atomic mass is 10.0. The van der Waals surface area contributed by atoms with Crippen LogP contribution in [0, 0.1) is 0 Å². The molecule has 41 heavy (non-hydrogen) atoms. The number of rotatable bonds is 7. The molecule has 1 aliphatic rings. The molecule has 1 aliphatic heterocycles. The van der Waals surface area contributed by atoms with E-state index in [1.165, 1.54) is 22.7 Å². The smallest absolute Gasteiger partial charge is 0.338 e. The summed E-state index contributed by atoms with van der Waals surface area (Å²) in [5.74, 6) is 0.191. The second kappa shape index (κ2) is 11.5. The molecule has 3 heterocycles. The van der Waals surface area contributed by atoms with E-state index in [9.17, 15) is 9.59 Å². The third kappa shape index (κ3) is 5.26. The Kier molecular flexibility index (Phi) is 7.62. The first-order valence-corrected chi connectivity index (χ1v) is 15.1. The minimum atomic E-state index is -0.611. The van der Waals surface area contributed by atoms with Crippen molar-refractivity contribution < 1.29 is 14.3 Å². The summed E-state index contributed by atoms with van der Waals surface area (Å²) >= 11 is 8.84. The number of hydrogen-bond acceptors (Lipinski definition) is 7. The lowest BCUT2D eigenvalue weighted by Gasteiger charge is -2.23. The number of thiophene rings is 1. The van der Waals surface area contributed by atoms with Gasteiger partial charge in [-0.15, -0.1) is 11.3 Å². The molecule has 0 fully saturated rings. The van der Waals surface area contributed by atoms with E-state index >= 15 is 0 Å². The maximum atomic E-state index is 14.1. The number of carbonyl (C=O) groups is 1. The van der Waals surface area contributed by atoms with Gasteiger partial charge >= 0.3 is 5.97 Å². The van der Waals surface area contributed by atoms with E-state index in [0.717, 1.165) is 26.8 Å². The number of benzene rings is 3. The largest absolute Gasteiger partial charge is 0.488 e. The second-order valence-corrected chi connectivity index (χ2v) is 11.9. The van der Waals surface area contributed by atoms with Crippen LogP contribution < -0.4 is 19.6 Å². The molecule has 0 N–H and O–H groups in total. The van der Waals surface area contributed by atoms with Crippen LogP contribution in [0.5, 0.6) is 5.75 Å². The third-order valence-corrected chi connectivity index (χ3v) is 9.00. The average molecular weight is 601 g/mol. The van der Waals surface area contributed by atoms with Gasteiger partial charge in [0.1, 0.15) is 18.4 Å². The first kappa shape index (κ1) is 27.2. The Morgan fingerprint density at radius 2 is 1.88 bits per heavy atom. The van der Waals surface area contributed by atoms with Crippen LogP contribution in [0.25, 0.3) is 16.8 Å². The van der Waals surface area contributed by atoms with E-state index in [4.69, 9.17) is 21.1 Å². The zero-order valence-corrected chi connectivity index (χ0v) is 24.7. The van der Waals surface area contributed by atoms with Gasteiger partial charge in [-0.3, -0.25) is 9.36 Å². The number of hydrogen-bond donors (Lipinski definition) is 0. The van der Waals surface area contributed by atoms with Crippen LogP contribution in [-0.4, -0.2) is 17.1 Å². The molecule has 0 amide bonds. The summed E-state index contributed by atoms with van der Waals surface area (Å²) in [7, 11) is 0. The SMILES string of the molecule is CCOC(=O)C1=C(C)N=c2s/c(=C\c3c(OCc4ccc(Cl)cc4)ccc4ccccc34)c(=O)n2C1c1cccs1. The number of halogens is 1. The molecule has 5 aromatic rings. The van der Waals surface area contributed by atoms with Crippen LogP contribution in [0.4, 0.5) is 0 Å². The summed E-state index contributed by atoms with van der Waals surface area (Å²) in [5, 5.41) is 4.59. The van der Waals surface area contributed by atoms with Crippen LogP contribution >= 0.6 is 34.3 Å². The van der Waals surface area contributed by atoms with Gasteiger partial charge in [0.05, 0.1) is 22.4 Å². The van der Waals surface area contributed by atoms with Crippen molar-refractivity contribution >= 4 is 57.1 Å². The predicted molar refractivity (Wildman–Crippen MR) is 164 cm³/mol. The number of nitrogens with zero attached hydrogens (tertiary/aromatic N) is 2. The highest BCUT2D eigenvalue weighted by atomic mass is 35.5. The summed E-state index contributed by atoms with van der Waals surface area (Å²) in [4.78, 5) is 33.2. The lowest BCUT2D eigenvalue weighted by molar-refractivity contribution is -0.139. The van der Waals surface area contributed by atoms with Crippen molar-refractivity contribution in [3.63, 3.8) is 0 Å². The van der Waals surface area contributed by atoms with E-state index in [-0.39, 0.29) is 12.2 Å². The van der Waals surface area contributed by atoms with Gasteiger partial charge in [0.2, 0.25) is 0 Å². The van der Waals surface area contributed by atoms with E-state index in [2.05, 4.69) is 4.99 Å². The maximum absolute atomic E-state index is 14.1. The van der Waals surface area contributed by atoms with Crippen molar-refractivity contribution in [2.45, 2.75) is 26.5 Å². The highest BCUT2D eigenvalue weighted by molar-refractivity contribution is 7.10. The quantitative estimate of drug-likeness (QED) is 0.207. The minimum Gasteiger partial charge on any atom is -0.488 e. The standard InChI is InChI=1S/C32H25ClN2O4S2/c1-3-38-31(37)28-19(2)34-32-35(29(28)26-9-6-16-40-26)30(36)27(41-32)17-24-23-8-5-4-7-21(23)12-15-25(24)39-18-20-10-13-22(33)14-11-20/h4-17,29H,3,18H2,1-2H3/b27-17-. The first-order chi connectivity index (χ1) is 19.9. The van der Waals surface area contributed by atoms with Crippen molar-refractivity contribution in [3.8, 4) is 5.75 Å². The Labute approximate surface area is 249 Å². The molecule has 0 aliphatic carbocycles. The number of aromatic nitrogens is 1. The summed E-state index contributed by atoms with van der Waals surface area (Å²) in [6.45, 7) is 4.13. The number of carbonyl (C=O) groups excluding carboxylic acids is 1. The Morgan fingerprint density at radius 3 is 2.63 bits per heavy atom. The van der Waals surface area contributed by atoms with Gasteiger partial charge in [-0.25, -0.2) is 9.79 Å². The molecular formula is C32H25ClN2O4S2. The minimum absolute atomic E-state index is 0.224. The zero-order chi connectivity index (χ0) is 28.5. The summed E-state index contributed by atoms with van der Waals surface area (Å²) in [6, 6.07) is 22.7. The molecule has 0 saturated heterocycles. The van der Waals surface area contributed by atoms with Crippen molar-refractivity contribution in [1.29, 1.82) is 0 Å². The van der Waals surface area contributed by atoms with E-state index in [0.29, 0.717) is 38.0 Å². The van der Waals surface area contributed by atoms with E-state index < -0.39 is 12.0 Å². The molecule has 0 saturated carbocycles. The molecule has 6 nitrogen and oxygen atoms in total. The fourth-order valence-electron chi connectivity index (χ4n) is 4.93. The Balaban J connectivity index is 1.51. The highest BCUT2D eigenvalue weighted by Gasteiger charge is 2.34. The molecular weight excluding hydrogens is 576 g/mol. The van der Waals surface area contributed by atoms with Gasteiger partial charge in [0, 0.05) is 15.5 Å². The molecule has 9 heteroatoms. The molecule has 1 atom stereocenters. The van der Waals surface area contributed by atoms with Crippen molar-refractivity contribution in [3.05, 3.63) is 130 Å². The molecule has 206 valence electrons. The fourth-order valence-corrected chi connectivity index (χ4v) is 6.91. The molecule has 0 radical (unpaired) electrons. The van der Waals surface area contributed by atoms with Crippen molar-refractivity contribution in [2.24, 2.45) is 4.99 Å². The van der Waals surface area contributed by atoms with Crippen LogP contribution in [0.1, 0.15) is 35.9 Å². The van der Waals surface area contributed by atoms with Crippen molar-refractivity contribution in [1.82, 2.24) is 4.57 Å². The lowest BCUT2D eigenvalue weighted by Crippen LogP contribution is -2.39. The van der Waals surface area contributed by atoms with Gasteiger partial charge in [0.15, 0.2) is 4.80 Å². The first-order valence-electron chi connectivity index (χ1n) is 13.1. The zero-order valence-electron chi connectivity index (χ0n) is 22.3. The van der Waals surface area contributed by atoms with E-state index in [1.807, 2.05) is 84.3 Å². The summed E-state index contributed by atoms with van der Waals surface area (Å²) in [5.41, 5.74) is 2.48. The Morgan fingerprint density at radius 1 is 1.07 bits per heavy atom. The monoisotopic (exact) mass is 600 g/mol. The summed E-state index contributed by atoms with van der Waals surface area (Å²) in [6.07, 6.45) is 1.87.